The highest BCUT2D eigenvalue weighted by Crippen LogP contribution is 2.26. The molecule has 7 heteroatoms. The van der Waals surface area contributed by atoms with Crippen molar-refractivity contribution >= 4 is 22.6 Å². The van der Waals surface area contributed by atoms with Crippen LogP contribution in [0.25, 0.3) is 10.9 Å². The standard InChI is InChI=1S/C23H22N4O3/c1-26-21-10-4-8-17(21)20(25-26)14-27(13-15-6-5-11-30-15)23(29)22(28)18-12-24-19-9-3-2-7-16(18)19/h2-3,5-7,9,11-12,24H,4,8,10,13-14H2,1H3. The van der Waals surface area contributed by atoms with Gasteiger partial charge in [-0.3, -0.25) is 14.3 Å². The minimum Gasteiger partial charge on any atom is -0.467 e. The van der Waals surface area contributed by atoms with Crippen molar-refractivity contribution in [3.8, 4) is 0 Å². The largest absolute Gasteiger partial charge is 0.467 e. The third kappa shape index (κ3) is 3.12. The number of nitrogens with zero attached hydrogens (tertiary/aromatic N) is 3. The zero-order valence-corrected chi connectivity index (χ0v) is 16.7. The number of ketones is 1. The maximum Gasteiger partial charge on any atom is 0.295 e. The first-order valence-corrected chi connectivity index (χ1v) is 10.1. The summed E-state index contributed by atoms with van der Waals surface area (Å²) in [6.07, 6.45) is 6.22. The summed E-state index contributed by atoms with van der Waals surface area (Å²) in [5.41, 5.74) is 4.49. The van der Waals surface area contributed by atoms with E-state index in [9.17, 15) is 9.59 Å². The molecule has 0 aliphatic heterocycles. The van der Waals surface area contributed by atoms with Crippen molar-refractivity contribution in [3.63, 3.8) is 0 Å². The molecule has 30 heavy (non-hydrogen) atoms. The van der Waals surface area contributed by atoms with Gasteiger partial charge in [-0.15, -0.1) is 0 Å². The van der Waals surface area contributed by atoms with Crippen molar-refractivity contribution in [1.82, 2.24) is 19.7 Å². The number of aromatic nitrogens is 3. The Hall–Kier alpha value is -3.61. The van der Waals surface area contributed by atoms with Gasteiger partial charge in [-0.05, 0) is 43.0 Å². The summed E-state index contributed by atoms with van der Waals surface area (Å²) in [5, 5.41) is 5.37. The van der Waals surface area contributed by atoms with Crippen LogP contribution in [0.15, 0.2) is 53.3 Å². The normalized spacial score (nSPS) is 13.0. The van der Waals surface area contributed by atoms with E-state index in [0.717, 1.165) is 35.9 Å². The highest BCUT2D eigenvalue weighted by Gasteiger charge is 2.29. The number of furan rings is 1. The Bertz CT molecular complexity index is 1230. The molecule has 3 heterocycles. The third-order valence-corrected chi connectivity index (χ3v) is 5.78. The number of hydrogen-bond donors (Lipinski definition) is 1. The van der Waals surface area contributed by atoms with Crippen LogP contribution in [-0.2, 0) is 37.8 Å². The maximum atomic E-state index is 13.3. The number of aryl methyl sites for hydroxylation is 1. The molecule has 3 aromatic heterocycles. The molecular formula is C23H22N4O3. The van der Waals surface area contributed by atoms with E-state index >= 15 is 0 Å². The van der Waals surface area contributed by atoms with E-state index in [1.807, 2.05) is 36.0 Å². The first-order valence-electron chi connectivity index (χ1n) is 10.1. The SMILES string of the molecule is Cn1nc(CN(Cc2ccco2)C(=O)C(=O)c2c[nH]c3ccccc23)c2c1CCC2. The molecule has 0 unspecified atom stereocenters. The number of carbonyl (C=O) groups is 2. The zero-order valence-electron chi connectivity index (χ0n) is 16.7. The number of Topliss-reactive ketones (excluding diaryl/α,β-unsaturated/α-hetero) is 1. The number of hydrogen-bond acceptors (Lipinski definition) is 4. The molecule has 1 amide bonds. The smallest absolute Gasteiger partial charge is 0.295 e. The number of amides is 1. The lowest BCUT2D eigenvalue weighted by atomic mass is 10.1. The average Bonchev–Trinajstić information content (AvgIpc) is 3.54. The molecule has 1 N–H and O–H groups in total. The Morgan fingerprint density at radius 2 is 2.03 bits per heavy atom. The summed E-state index contributed by atoms with van der Waals surface area (Å²) < 4.78 is 7.35. The quantitative estimate of drug-likeness (QED) is 0.396. The van der Waals surface area contributed by atoms with E-state index in [4.69, 9.17) is 4.42 Å². The van der Waals surface area contributed by atoms with Gasteiger partial charge in [-0.25, -0.2) is 0 Å². The van der Waals surface area contributed by atoms with Crippen molar-refractivity contribution in [3.05, 3.63) is 77.1 Å². The fourth-order valence-corrected chi connectivity index (χ4v) is 4.31. The Balaban J connectivity index is 1.47. The lowest BCUT2D eigenvalue weighted by molar-refractivity contribution is -0.128. The molecule has 5 rings (SSSR count). The molecular weight excluding hydrogens is 380 g/mol. The van der Waals surface area contributed by atoms with Crippen LogP contribution in [0.3, 0.4) is 0 Å². The Morgan fingerprint density at radius 1 is 1.17 bits per heavy atom. The van der Waals surface area contributed by atoms with E-state index in [1.54, 1.807) is 24.6 Å². The van der Waals surface area contributed by atoms with Crippen LogP contribution in [0.5, 0.6) is 0 Å². The van der Waals surface area contributed by atoms with Crippen LogP contribution >= 0.6 is 0 Å². The van der Waals surface area contributed by atoms with Gasteiger partial charge >= 0.3 is 0 Å². The number of nitrogens with one attached hydrogen (secondary N) is 1. The number of benzene rings is 1. The van der Waals surface area contributed by atoms with Crippen molar-refractivity contribution in [1.29, 1.82) is 0 Å². The molecule has 1 aliphatic carbocycles. The minimum absolute atomic E-state index is 0.214. The second-order valence-corrected chi connectivity index (χ2v) is 7.67. The zero-order chi connectivity index (χ0) is 20.7. The van der Waals surface area contributed by atoms with Crippen LogP contribution < -0.4 is 0 Å². The number of carbonyl (C=O) groups excluding carboxylic acids is 2. The number of H-pyrrole nitrogens is 1. The molecule has 7 nitrogen and oxygen atoms in total. The van der Waals surface area contributed by atoms with E-state index in [1.165, 1.54) is 16.2 Å². The van der Waals surface area contributed by atoms with E-state index in [-0.39, 0.29) is 13.1 Å². The monoisotopic (exact) mass is 402 g/mol. The fourth-order valence-electron chi connectivity index (χ4n) is 4.31. The first kappa shape index (κ1) is 18.4. The Kier molecular flexibility index (Phi) is 4.50. The van der Waals surface area contributed by atoms with Gasteiger partial charge in [0.25, 0.3) is 11.7 Å². The van der Waals surface area contributed by atoms with Gasteiger partial charge in [0.2, 0.25) is 0 Å². The summed E-state index contributed by atoms with van der Waals surface area (Å²) in [5.74, 6) is -0.470. The van der Waals surface area contributed by atoms with Gasteiger partial charge in [0.15, 0.2) is 0 Å². The molecule has 0 saturated heterocycles. The Morgan fingerprint density at radius 3 is 2.87 bits per heavy atom. The Labute approximate surface area is 173 Å². The topological polar surface area (TPSA) is 84.1 Å². The number of fused-ring (bicyclic) bond motifs is 2. The van der Waals surface area contributed by atoms with Crippen LogP contribution in [0.1, 0.15) is 39.5 Å². The molecule has 0 atom stereocenters. The van der Waals surface area contributed by atoms with Crippen molar-refractivity contribution < 1.29 is 14.0 Å². The summed E-state index contributed by atoms with van der Waals surface area (Å²) >= 11 is 0. The highest BCUT2D eigenvalue weighted by molar-refractivity contribution is 6.44. The molecule has 1 aliphatic rings. The lowest BCUT2D eigenvalue weighted by Crippen LogP contribution is -2.36. The summed E-state index contributed by atoms with van der Waals surface area (Å²) in [6, 6.07) is 11.1. The average molecular weight is 402 g/mol. The van der Waals surface area contributed by atoms with E-state index in [2.05, 4.69) is 10.1 Å². The molecule has 0 fully saturated rings. The van der Waals surface area contributed by atoms with Gasteiger partial charge in [0, 0.05) is 29.8 Å². The highest BCUT2D eigenvalue weighted by atomic mass is 16.3. The molecule has 4 aromatic rings. The van der Waals surface area contributed by atoms with Crippen molar-refractivity contribution in [2.24, 2.45) is 7.05 Å². The van der Waals surface area contributed by atoms with Crippen molar-refractivity contribution in [2.75, 3.05) is 0 Å². The number of para-hydroxylation sites is 1. The third-order valence-electron chi connectivity index (χ3n) is 5.78. The first-order chi connectivity index (χ1) is 14.6. The fraction of sp³-hybridized carbons (Fsp3) is 0.261. The number of aromatic amines is 1. The minimum atomic E-state index is -0.562. The predicted molar refractivity (Wildman–Crippen MR) is 111 cm³/mol. The summed E-state index contributed by atoms with van der Waals surface area (Å²) in [4.78, 5) is 31.1. The van der Waals surface area contributed by atoms with E-state index < -0.39 is 11.7 Å². The van der Waals surface area contributed by atoms with Gasteiger partial charge in [0.05, 0.1) is 30.6 Å². The maximum absolute atomic E-state index is 13.3. The second kappa shape index (κ2) is 7.33. The van der Waals surface area contributed by atoms with Gasteiger partial charge in [-0.1, -0.05) is 18.2 Å². The second-order valence-electron chi connectivity index (χ2n) is 7.67. The molecule has 0 bridgehead atoms. The summed E-state index contributed by atoms with van der Waals surface area (Å²) in [7, 11) is 1.93. The molecule has 1 aromatic carbocycles. The lowest BCUT2D eigenvalue weighted by Gasteiger charge is -2.20. The van der Waals surface area contributed by atoms with Crippen LogP contribution in [0.4, 0.5) is 0 Å². The van der Waals surface area contributed by atoms with Gasteiger partial charge in [0.1, 0.15) is 5.76 Å². The molecule has 0 saturated carbocycles. The molecule has 152 valence electrons. The predicted octanol–water partition coefficient (Wildman–Crippen LogP) is 3.39. The summed E-state index contributed by atoms with van der Waals surface area (Å²) in [6.45, 7) is 0.488. The molecule has 0 spiro atoms. The van der Waals surface area contributed by atoms with Gasteiger partial charge < -0.3 is 14.3 Å². The molecule has 0 radical (unpaired) electrons. The van der Waals surface area contributed by atoms with Crippen LogP contribution in [-0.4, -0.2) is 31.4 Å². The van der Waals surface area contributed by atoms with Gasteiger partial charge in [-0.2, -0.15) is 5.10 Å². The number of rotatable bonds is 6. The van der Waals surface area contributed by atoms with E-state index in [0.29, 0.717) is 11.3 Å². The van der Waals surface area contributed by atoms with Crippen molar-refractivity contribution in [2.45, 2.75) is 32.4 Å². The van der Waals surface area contributed by atoms with Crippen LogP contribution in [0.2, 0.25) is 0 Å². The van der Waals surface area contributed by atoms with Crippen LogP contribution in [0, 0.1) is 0 Å².